The van der Waals surface area contributed by atoms with E-state index in [1.807, 2.05) is 0 Å². The highest BCUT2D eigenvalue weighted by Gasteiger charge is 2.57. The molecule has 30 heavy (non-hydrogen) atoms. The zero-order valence-corrected chi connectivity index (χ0v) is 18.5. The number of carbonyl (C=O) groups excluding carboxylic acids is 2. The first-order chi connectivity index (χ1) is 14.2. The summed E-state index contributed by atoms with van der Waals surface area (Å²) >= 11 is 1.57. The zero-order valence-electron chi connectivity index (χ0n) is 16.8. The number of carbonyl (C=O) groups is 2. The van der Waals surface area contributed by atoms with Crippen molar-refractivity contribution < 1.29 is 22.4 Å². The second-order valence-corrected chi connectivity index (χ2v) is 11.3. The number of halogens is 1. The Kier molecular flexibility index (Phi) is 5.84. The van der Waals surface area contributed by atoms with Crippen LogP contribution in [0.1, 0.15) is 37.7 Å². The van der Waals surface area contributed by atoms with Crippen LogP contribution >= 0.6 is 11.8 Å². The molecule has 3 fully saturated rings. The molecule has 3 aliphatic heterocycles. The van der Waals surface area contributed by atoms with Crippen molar-refractivity contribution in [2.75, 3.05) is 25.1 Å². The molecule has 3 atom stereocenters. The van der Waals surface area contributed by atoms with Gasteiger partial charge in [0.05, 0.1) is 6.26 Å². The minimum absolute atomic E-state index is 0.0644. The summed E-state index contributed by atoms with van der Waals surface area (Å²) in [6.45, 7) is 0.739. The van der Waals surface area contributed by atoms with Gasteiger partial charge in [0.15, 0.2) is 0 Å². The molecule has 0 aliphatic carbocycles. The molecule has 7 nitrogen and oxygen atoms in total. The molecule has 4 rings (SSSR count). The fourth-order valence-electron chi connectivity index (χ4n) is 4.78. The predicted molar refractivity (Wildman–Crippen MR) is 113 cm³/mol. The molecule has 0 saturated carbocycles. The second kappa shape index (κ2) is 8.12. The molecule has 3 aliphatic rings. The van der Waals surface area contributed by atoms with Crippen LogP contribution in [0.5, 0.6) is 0 Å². The fourth-order valence-corrected chi connectivity index (χ4v) is 6.92. The van der Waals surface area contributed by atoms with Crippen LogP contribution in [0.2, 0.25) is 0 Å². The van der Waals surface area contributed by atoms with E-state index in [1.165, 1.54) is 12.1 Å². The number of piperidine rings is 1. The number of nitrogens with zero attached hydrogens (tertiary/aromatic N) is 2. The first-order valence-corrected chi connectivity index (χ1v) is 13.1. The highest BCUT2D eigenvalue weighted by Crippen LogP contribution is 2.54. The summed E-state index contributed by atoms with van der Waals surface area (Å²) in [7, 11) is -3.35. The number of rotatable bonds is 5. The van der Waals surface area contributed by atoms with Crippen molar-refractivity contribution in [3.8, 4) is 0 Å². The monoisotopic (exact) mass is 455 g/mol. The molecule has 164 valence electrons. The Balaban J connectivity index is 1.58. The third-order valence-electron chi connectivity index (χ3n) is 6.20. The van der Waals surface area contributed by atoms with E-state index in [9.17, 15) is 22.4 Å². The number of thioether (sulfide) groups is 1. The van der Waals surface area contributed by atoms with Crippen LogP contribution in [0, 0.1) is 5.82 Å². The number of amides is 2. The molecule has 0 bridgehead atoms. The molecule has 1 aromatic carbocycles. The number of hydrogen-bond acceptors (Lipinski definition) is 5. The van der Waals surface area contributed by atoms with Gasteiger partial charge in [0, 0.05) is 31.3 Å². The van der Waals surface area contributed by atoms with Gasteiger partial charge >= 0.3 is 0 Å². The van der Waals surface area contributed by atoms with Crippen molar-refractivity contribution >= 4 is 33.6 Å². The Bertz CT molecular complexity index is 940. The van der Waals surface area contributed by atoms with E-state index in [4.69, 9.17) is 0 Å². The van der Waals surface area contributed by atoms with E-state index in [0.717, 1.165) is 31.1 Å². The summed E-state index contributed by atoms with van der Waals surface area (Å²) in [4.78, 5) is 29.2. The Morgan fingerprint density at radius 3 is 2.73 bits per heavy atom. The molecule has 3 unspecified atom stereocenters. The van der Waals surface area contributed by atoms with Crippen molar-refractivity contribution in [3.05, 3.63) is 35.6 Å². The van der Waals surface area contributed by atoms with Gasteiger partial charge in [-0.15, -0.1) is 11.8 Å². The largest absolute Gasteiger partial charge is 0.337 e. The summed E-state index contributed by atoms with van der Waals surface area (Å²) in [6.07, 6.45) is 4.57. The Labute approximate surface area is 180 Å². The quantitative estimate of drug-likeness (QED) is 0.730. The number of benzene rings is 1. The van der Waals surface area contributed by atoms with Crippen LogP contribution in [0.4, 0.5) is 4.39 Å². The standard InChI is InChI=1S/C20H26FN3O4S2/c1-30(27,28)22-12-16-4-2-3-11-23(16)19(26)17-13-29-20(10-9-18(25)24(17)20)14-5-7-15(21)8-6-14/h5-8,16-17,22H,2-4,9-13H2,1H3. The molecular weight excluding hydrogens is 429 g/mol. The van der Waals surface area contributed by atoms with Gasteiger partial charge in [-0.1, -0.05) is 12.1 Å². The Hall–Kier alpha value is -1.65. The fraction of sp³-hybridized carbons (Fsp3) is 0.600. The maximum atomic E-state index is 13.5. The predicted octanol–water partition coefficient (Wildman–Crippen LogP) is 1.65. The molecule has 0 aromatic heterocycles. The van der Waals surface area contributed by atoms with Gasteiger partial charge in [0.1, 0.15) is 16.7 Å². The number of hydrogen-bond donors (Lipinski definition) is 1. The van der Waals surface area contributed by atoms with Crippen LogP contribution in [0.3, 0.4) is 0 Å². The maximum Gasteiger partial charge on any atom is 0.246 e. The van der Waals surface area contributed by atoms with E-state index in [0.29, 0.717) is 25.1 Å². The molecule has 0 spiro atoms. The van der Waals surface area contributed by atoms with Crippen LogP contribution in [-0.2, 0) is 24.5 Å². The van der Waals surface area contributed by atoms with Gasteiger partial charge in [-0.05, 0) is 43.4 Å². The molecule has 10 heteroatoms. The summed E-state index contributed by atoms with van der Waals surface area (Å²) in [6, 6.07) is 5.36. The van der Waals surface area contributed by atoms with E-state index in [2.05, 4.69) is 4.72 Å². The lowest BCUT2D eigenvalue weighted by Crippen LogP contribution is -2.57. The maximum absolute atomic E-state index is 13.5. The van der Waals surface area contributed by atoms with Crippen LogP contribution in [-0.4, -0.2) is 67.2 Å². The van der Waals surface area contributed by atoms with Crippen molar-refractivity contribution in [2.24, 2.45) is 0 Å². The molecular formula is C20H26FN3O4S2. The first-order valence-electron chi connectivity index (χ1n) is 10.2. The zero-order chi connectivity index (χ0) is 21.5. The van der Waals surface area contributed by atoms with Gasteiger partial charge < -0.3 is 9.80 Å². The first kappa shape index (κ1) is 21.6. The summed E-state index contributed by atoms with van der Waals surface area (Å²) in [5, 5.41) is 0. The number of likely N-dealkylation sites (tertiary alicyclic amines) is 1. The molecule has 2 amide bonds. The minimum atomic E-state index is -3.35. The van der Waals surface area contributed by atoms with Gasteiger partial charge in [-0.2, -0.15) is 0 Å². The van der Waals surface area contributed by atoms with Gasteiger partial charge in [0.2, 0.25) is 21.8 Å². The van der Waals surface area contributed by atoms with Crippen molar-refractivity contribution in [1.29, 1.82) is 0 Å². The molecule has 3 heterocycles. The van der Waals surface area contributed by atoms with Crippen molar-refractivity contribution in [2.45, 2.75) is 49.1 Å². The minimum Gasteiger partial charge on any atom is -0.337 e. The molecule has 0 radical (unpaired) electrons. The number of sulfonamides is 1. The van der Waals surface area contributed by atoms with E-state index in [-0.39, 0.29) is 30.2 Å². The molecule has 1 aromatic rings. The average molecular weight is 456 g/mol. The number of fused-ring (bicyclic) bond motifs is 1. The molecule has 1 N–H and O–H groups in total. The summed E-state index contributed by atoms with van der Waals surface area (Å²) in [5.41, 5.74) is 0.837. The molecule has 3 saturated heterocycles. The van der Waals surface area contributed by atoms with Crippen molar-refractivity contribution in [3.63, 3.8) is 0 Å². The third kappa shape index (κ3) is 3.97. The van der Waals surface area contributed by atoms with Gasteiger partial charge in [-0.3, -0.25) is 9.59 Å². The van der Waals surface area contributed by atoms with E-state index in [1.54, 1.807) is 33.7 Å². The van der Waals surface area contributed by atoms with Gasteiger partial charge in [-0.25, -0.2) is 17.5 Å². The normalized spacial score (nSPS) is 29.3. The van der Waals surface area contributed by atoms with E-state index < -0.39 is 20.9 Å². The van der Waals surface area contributed by atoms with Crippen molar-refractivity contribution in [1.82, 2.24) is 14.5 Å². The SMILES string of the molecule is CS(=O)(=O)NCC1CCCCN1C(=O)C1CSC2(c3ccc(F)cc3)CCC(=O)N12. The smallest absolute Gasteiger partial charge is 0.246 e. The lowest BCUT2D eigenvalue weighted by atomic mass is 10.00. The average Bonchev–Trinajstić information content (AvgIpc) is 3.25. The second-order valence-electron chi connectivity index (χ2n) is 8.18. The third-order valence-corrected chi connectivity index (χ3v) is 8.49. The Morgan fingerprint density at radius 2 is 2.03 bits per heavy atom. The Morgan fingerprint density at radius 1 is 1.30 bits per heavy atom. The number of nitrogens with one attached hydrogen (secondary N) is 1. The van der Waals surface area contributed by atoms with Crippen LogP contribution in [0.25, 0.3) is 0 Å². The summed E-state index contributed by atoms with van der Waals surface area (Å²) < 4.78 is 39.0. The lowest BCUT2D eigenvalue weighted by Gasteiger charge is -2.40. The van der Waals surface area contributed by atoms with Gasteiger partial charge in [0.25, 0.3) is 0 Å². The lowest BCUT2D eigenvalue weighted by molar-refractivity contribution is -0.146. The topological polar surface area (TPSA) is 86.8 Å². The summed E-state index contributed by atoms with van der Waals surface area (Å²) in [5.74, 6) is -0.0478. The highest BCUT2D eigenvalue weighted by atomic mass is 32.2. The van der Waals surface area contributed by atoms with Crippen LogP contribution in [0.15, 0.2) is 24.3 Å². The highest BCUT2D eigenvalue weighted by molar-refractivity contribution is 8.00. The van der Waals surface area contributed by atoms with E-state index >= 15 is 0 Å². The van der Waals surface area contributed by atoms with Crippen LogP contribution < -0.4 is 4.72 Å².